The zero-order chi connectivity index (χ0) is 23.5. The first-order valence-electron chi connectivity index (χ1n) is 12.0. The van der Waals surface area contributed by atoms with Crippen molar-refractivity contribution in [1.82, 2.24) is 19.9 Å². The quantitative estimate of drug-likeness (QED) is 0.228. The number of carboxylic acid groups (broad SMARTS) is 1. The van der Waals surface area contributed by atoms with Gasteiger partial charge in [0.2, 0.25) is 15.9 Å². The van der Waals surface area contributed by atoms with Crippen LogP contribution in [0.25, 0.3) is 0 Å². The number of carbonyl (C=O) groups is 2. The van der Waals surface area contributed by atoms with Gasteiger partial charge in [-0.05, 0) is 19.3 Å². The average Bonchev–Trinajstić information content (AvgIpc) is 3.23. The average molecular weight is 473 g/mol. The van der Waals surface area contributed by atoms with Crippen LogP contribution in [0.1, 0.15) is 109 Å². The molecule has 0 fully saturated rings. The fourth-order valence-electron chi connectivity index (χ4n) is 3.56. The Morgan fingerprint density at radius 3 is 1.84 bits per heavy atom. The molecule has 184 valence electrons. The zero-order valence-electron chi connectivity index (χ0n) is 19.2. The topological polar surface area (TPSA) is 142 Å². The number of nitrogens with one attached hydrogen (secondary N) is 2. The predicted octanol–water partition coefficient (Wildman–Crippen LogP) is 4.12. The summed E-state index contributed by atoms with van der Waals surface area (Å²) >= 11 is 0. The van der Waals surface area contributed by atoms with Gasteiger partial charge in [-0.3, -0.25) is 19.4 Å². The number of sulfonamides is 1. The number of rotatable bonds is 21. The number of aryl methyl sites for hydroxylation is 1. The molecular formula is C22H40N4O5S. The minimum Gasteiger partial charge on any atom is -0.481 e. The minimum atomic E-state index is -3.72. The Labute approximate surface area is 192 Å². The number of hydrogen-bond acceptors (Lipinski definition) is 6. The van der Waals surface area contributed by atoms with Crippen molar-refractivity contribution in [2.45, 2.75) is 109 Å². The smallest absolute Gasteiger partial charge is 0.303 e. The summed E-state index contributed by atoms with van der Waals surface area (Å²) in [6.45, 7) is 0. The highest BCUT2D eigenvalue weighted by Crippen LogP contribution is 2.13. The van der Waals surface area contributed by atoms with E-state index >= 15 is 0 Å². The molecular weight excluding hydrogens is 432 g/mol. The number of carbonyl (C=O) groups excluding carboxylic acids is 1. The van der Waals surface area contributed by atoms with Gasteiger partial charge in [0, 0.05) is 19.3 Å². The lowest BCUT2D eigenvalue weighted by molar-refractivity contribution is -0.137. The van der Waals surface area contributed by atoms with Crippen LogP contribution in [-0.2, 0) is 26.0 Å². The molecule has 3 N–H and O–H groups in total. The maximum Gasteiger partial charge on any atom is 0.303 e. The number of carboxylic acids is 1. The summed E-state index contributed by atoms with van der Waals surface area (Å²) in [6, 6.07) is 0. The van der Waals surface area contributed by atoms with E-state index in [1.54, 1.807) is 6.33 Å². The Morgan fingerprint density at radius 2 is 1.34 bits per heavy atom. The van der Waals surface area contributed by atoms with Gasteiger partial charge in [0.25, 0.3) is 0 Å². The number of amides is 1. The lowest BCUT2D eigenvalue weighted by atomic mass is 10.0. The second-order valence-electron chi connectivity index (χ2n) is 8.37. The molecule has 0 aromatic carbocycles. The van der Waals surface area contributed by atoms with Crippen molar-refractivity contribution >= 4 is 21.9 Å². The molecule has 0 saturated heterocycles. The number of aromatic nitrogens is 3. The molecule has 0 saturated carbocycles. The van der Waals surface area contributed by atoms with E-state index in [1.807, 2.05) is 4.72 Å². The third-order valence-corrected chi connectivity index (χ3v) is 6.72. The van der Waals surface area contributed by atoms with Crippen molar-refractivity contribution in [2.24, 2.45) is 0 Å². The largest absolute Gasteiger partial charge is 0.481 e. The van der Waals surface area contributed by atoms with E-state index in [0.29, 0.717) is 6.42 Å². The Hall–Kier alpha value is -1.97. The van der Waals surface area contributed by atoms with Crippen molar-refractivity contribution in [2.75, 3.05) is 5.75 Å². The third kappa shape index (κ3) is 16.7. The van der Waals surface area contributed by atoms with Crippen molar-refractivity contribution in [1.29, 1.82) is 0 Å². The van der Waals surface area contributed by atoms with Crippen LogP contribution in [0.3, 0.4) is 0 Å². The van der Waals surface area contributed by atoms with Crippen LogP contribution in [0, 0.1) is 0 Å². The van der Waals surface area contributed by atoms with Gasteiger partial charge in [-0.1, -0.05) is 70.6 Å². The van der Waals surface area contributed by atoms with E-state index in [-0.39, 0.29) is 25.0 Å². The van der Waals surface area contributed by atoms with Gasteiger partial charge in [0.05, 0.1) is 5.75 Å². The normalized spacial score (nSPS) is 11.5. The van der Waals surface area contributed by atoms with Crippen LogP contribution in [0.2, 0.25) is 0 Å². The van der Waals surface area contributed by atoms with Gasteiger partial charge in [-0.15, -0.1) is 0 Å². The second kappa shape index (κ2) is 17.6. The van der Waals surface area contributed by atoms with Crippen molar-refractivity contribution in [3.8, 4) is 0 Å². The SMILES string of the molecule is O=C(O)CCCS(=O)(=O)NC(=O)CCCCCCCCCCCCCCCc1ncn[nH]1. The molecule has 0 atom stereocenters. The summed E-state index contributed by atoms with van der Waals surface area (Å²) in [5.74, 6) is -0.906. The molecule has 1 amide bonds. The molecule has 32 heavy (non-hydrogen) atoms. The Morgan fingerprint density at radius 1 is 0.812 bits per heavy atom. The van der Waals surface area contributed by atoms with E-state index in [2.05, 4.69) is 15.2 Å². The van der Waals surface area contributed by atoms with Gasteiger partial charge in [0.15, 0.2) is 0 Å². The maximum atomic E-state index is 11.7. The van der Waals surface area contributed by atoms with Crippen LogP contribution in [0.15, 0.2) is 6.33 Å². The van der Waals surface area contributed by atoms with Gasteiger partial charge >= 0.3 is 5.97 Å². The molecule has 0 aliphatic rings. The molecule has 9 nitrogen and oxygen atoms in total. The monoisotopic (exact) mass is 472 g/mol. The molecule has 1 aromatic heterocycles. The number of aromatic amines is 1. The van der Waals surface area contributed by atoms with E-state index in [4.69, 9.17) is 5.11 Å². The molecule has 0 bridgehead atoms. The Bertz CT molecular complexity index is 723. The van der Waals surface area contributed by atoms with E-state index in [1.165, 1.54) is 57.8 Å². The Balaban J connectivity index is 1.82. The van der Waals surface area contributed by atoms with Gasteiger partial charge < -0.3 is 5.11 Å². The fourth-order valence-corrected chi connectivity index (χ4v) is 4.64. The summed E-state index contributed by atoms with van der Waals surface area (Å²) in [5.41, 5.74) is 0. The molecule has 1 heterocycles. The number of H-pyrrole nitrogens is 1. The van der Waals surface area contributed by atoms with Crippen LogP contribution in [-0.4, -0.2) is 46.3 Å². The highest BCUT2D eigenvalue weighted by molar-refractivity contribution is 7.90. The first kappa shape index (κ1) is 28.1. The Kier molecular flexibility index (Phi) is 15.4. The number of nitrogens with zero attached hydrogens (tertiary/aromatic N) is 2. The second-order valence-corrected chi connectivity index (χ2v) is 10.2. The predicted molar refractivity (Wildman–Crippen MR) is 124 cm³/mol. The molecule has 1 aromatic rings. The van der Waals surface area contributed by atoms with Gasteiger partial charge in [-0.25, -0.2) is 13.4 Å². The molecule has 0 spiro atoms. The standard InChI is InChI=1S/C22H40N4O5S/c27-21(26-32(30,31)18-14-17-22(28)29)16-13-11-9-7-5-3-1-2-4-6-8-10-12-15-20-23-19-24-25-20/h19H,1-18H2,(H,26,27)(H,28,29)(H,23,24,25). The molecule has 0 unspecified atom stereocenters. The minimum absolute atomic E-state index is 0.00253. The highest BCUT2D eigenvalue weighted by atomic mass is 32.2. The lowest BCUT2D eigenvalue weighted by Crippen LogP contribution is -2.32. The van der Waals surface area contributed by atoms with Crippen LogP contribution in [0.5, 0.6) is 0 Å². The summed E-state index contributed by atoms with van der Waals surface area (Å²) in [5, 5.41) is 15.3. The molecule has 0 aliphatic heterocycles. The summed E-state index contributed by atoms with van der Waals surface area (Å²) in [4.78, 5) is 26.3. The maximum absolute atomic E-state index is 11.7. The van der Waals surface area contributed by atoms with Crippen LogP contribution in [0.4, 0.5) is 0 Å². The summed E-state index contributed by atoms with van der Waals surface area (Å²) in [7, 11) is -3.72. The highest BCUT2D eigenvalue weighted by Gasteiger charge is 2.14. The van der Waals surface area contributed by atoms with Crippen molar-refractivity contribution in [3.05, 3.63) is 12.2 Å². The number of hydrogen-bond donors (Lipinski definition) is 3. The first-order chi connectivity index (χ1) is 15.4. The van der Waals surface area contributed by atoms with E-state index < -0.39 is 21.9 Å². The van der Waals surface area contributed by atoms with E-state index in [9.17, 15) is 18.0 Å². The number of unbranched alkanes of at least 4 members (excludes halogenated alkanes) is 12. The summed E-state index contributed by atoms with van der Waals surface area (Å²) in [6.07, 6.45) is 17.6. The number of aliphatic carboxylic acids is 1. The lowest BCUT2D eigenvalue weighted by Gasteiger charge is -2.06. The zero-order valence-corrected chi connectivity index (χ0v) is 20.0. The summed E-state index contributed by atoms with van der Waals surface area (Å²) < 4.78 is 25.4. The van der Waals surface area contributed by atoms with Gasteiger partial charge in [-0.2, -0.15) is 5.10 Å². The molecule has 0 radical (unpaired) electrons. The van der Waals surface area contributed by atoms with E-state index in [0.717, 1.165) is 31.5 Å². The van der Waals surface area contributed by atoms with Crippen molar-refractivity contribution in [3.63, 3.8) is 0 Å². The van der Waals surface area contributed by atoms with Crippen LogP contribution >= 0.6 is 0 Å². The van der Waals surface area contributed by atoms with Crippen LogP contribution < -0.4 is 4.72 Å². The molecule has 1 rings (SSSR count). The van der Waals surface area contributed by atoms with Gasteiger partial charge in [0.1, 0.15) is 12.2 Å². The fraction of sp³-hybridized carbons (Fsp3) is 0.818. The first-order valence-corrected chi connectivity index (χ1v) is 13.6. The third-order valence-electron chi connectivity index (χ3n) is 5.36. The van der Waals surface area contributed by atoms with Crippen molar-refractivity contribution < 1.29 is 23.1 Å². The molecule has 10 heteroatoms. The molecule has 0 aliphatic carbocycles.